The Morgan fingerprint density at radius 2 is 1.12 bits per heavy atom. The first-order valence-corrected chi connectivity index (χ1v) is 8.78. The first-order chi connectivity index (χ1) is 12.7. The first-order valence-electron chi connectivity index (χ1n) is 8.78. The van der Waals surface area contributed by atoms with E-state index in [9.17, 15) is 0 Å². The Labute approximate surface area is 154 Å². The summed E-state index contributed by atoms with van der Waals surface area (Å²) in [5.41, 5.74) is 8.48. The SMILES string of the molecule is Cc1cccc(C)c1-c1cnc(-c2ccccc2)c(-c2ccccc2)n1. The van der Waals surface area contributed by atoms with Gasteiger partial charge in [-0.2, -0.15) is 0 Å². The third kappa shape index (κ3) is 3.02. The molecule has 0 saturated heterocycles. The van der Waals surface area contributed by atoms with Gasteiger partial charge in [-0.15, -0.1) is 0 Å². The number of hydrogen-bond acceptors (Lipinski definition) is 2. The Hall–Kier alpha value is -3.26. The van der Waals surface area contributed by atoms with E-state index in [1.54, 1.807) is 0 Å². The highest BCUT2D eigenvalue weighted by Gasteiger charge is 2.14. The van der Waals surface area contributed by atoms with Crippen molar-refractivity contribution in [1.29, 1.82) is 0 Å². The lowest BCUT2D eigenvalue weighted by Crippen LogP contribution is -1.98. The van der Waals surface area contributed by atoms with E-state index in [0.29, 0.717) is 0 Å². The van der Waals surface area contributed by atoms with Gasteiger partial charge < -0.3 is 0 Å². The normalized spacial score (nSPS) is 10.7. The van der Waals surface area contributed by atoms with Crippen LogP contribution >= 0.6 is 0 Å². The molecule has 4 aromatic rings. The van der Waals surface area contributed by atoms with Crippen molar-refractivity contribution in [3.63, 3.8) is 0 Å². The highest BCUT2D eigenvalue weighted by molar-refractivity contribution is 5.80. The molecule has 0 saturated carbocycles. The standard InChI is InChI=1S/C24H20N2/c1-17-10-9-11-18(2)22(17)21-16-25-23(19-12-5-3-6-13-19)24(26-21)20-14-7-4-8-15-20/h3-16H,1-2H3. The average molecular weight is 336 g/mol. The molecule has 0 aliphatic rings. The Balaban J connectivity index is 1.96. The van der Waals surface area contributed by atoms with Crippen molar-refractivity contribution < 1.29 is 0 Å². The van der Waals surface area contributed by atoms with Crippen LogP contribution in [0.3, 0.4) is 0 Å². The zero-order valence-corrected chi connectivity index (χ0v) is 15.0. The quantitative estimate of drug-likeness (QED) is 0.452. The molecule has 0 bridgehead atoms. The van der Waals surface area contributed by atoms with Crippen LogP contribution in [-0.4, -0.2) is 9.97 Å². The van der Waals surface area contributed by atoms with Gasteiger partial charge >= 0.3 is 0 Å². The molecule has 4 rings (SSSR count). The zero-order chi connectivity index (χ0) is 17.9. The third-order valence-electron chi connectivity index (χ3n) is 4.60. The molecule has 26 heavy (non-hydrogen) atoms. The monoisotopic (exact) mass is 336 g/mol. The van der Waals surface area contributed by atoms with E-state index in [4.69, 9.17) is 9.97 Å². The van der Waals surface area contributed by atoms with Gasteiger partial charge in [0.25, 0.3) is 0 Å². The van der Waals surface area contributed by atoms with E-state index in [-0.39, 0.29) is 0 Å². The van der Waals surface area contributed by atoms with Crippen LogP contribution in [0.25, 0.3) is 33.8 Å². The van der Waals surface area contributed by atoms with Crippen LogP contribution in [-0.2, 0) is 0 Å². The number of aromatic nitrogens is 2. The summed E-state index contributed by atoms with van der Waals surface area (Å²) in [5, 5.41) is 0. The molecule has 0 amide bonds. The lowest BCUT2D eigenvalue weighted by Gasteiger charge is -2.13. The number of nitrogens with zero attached hydrogens (tertiary/aromatic N) is 2. The smallest absolute Gasteiger partial charge is 0.0972 e. The Morgan fingerprint density at radius 1 is 0.577 bits per heavy atom. The van der Waals surface area contributed by atoms with Gasteiger partial charge in [-0.3, -0.25) is 4.98 Å². The second-order valence-corrected chi connectivity index (χ2v) is 6.45. The summed E-state index contributed by atoms with van der Waals surface area (Å²) < 4.78 is 0. The highest BCUT2D eigenvalue weighted by Crippen LogP contribution is 2.32. The van der Waals surface area contributed by atoms with Crippen molar-refractivity contribution in [2.45, 2.75) is 13.8 Å². The van der Waals surface area contributed by atoms with Gasteiger partial charge in [0.15, 0.2) is 0 Å². The second-order valence-electron chi connectivity index (χ2n) is 6.45. The molecule has 2 heteroatoms. The van der Waals surface area contributed by atoms with E-state index in [0.717, 1.165) is 33.8 Å². The minimum Gasteiger partial charge on any atom is -0.252 e. The predicted molar refractivity (Wildman–Crippen MR) is 108 cm³/mol. The fraction of sp³-hybridized carbons (Fsp3) is 0.0833. The summed E-state index contributed by atoms with van der Waals surface area (Å²) in [7, 11) is 0. The maximum atomic E-state index is 5.05. The minimum atomic E-state index is 0.909. The second kappa shape index (κ2) is 6.93. The maximum Gasteiger partial charge on any atom is 0.0972 e. The van der Waals surface area contributed by atoms with Crippen molar-refractivity contribution in [3.8, 4) is 33.8 Å². The molecule has 2 nitrogen and oxygen atoms in total. The number of hydrogen-bond donors (Lipinski definition) is 0. The van der Waals surface area contributed by atoms with Crippen molar-refractivity contribution in [2.75, 3.05) is 0 Å². The number of rotatable bonds is 3. The molecule has 0 N–H and O–H groups in total. The van der Waals surface area contributed by atoms with E-state index in [1.165, 1.54) is 11.1 Å². The summed E-state index contributed by atoms with van der Waals surface area (Å²) in [6.45, 7) is 4.24. The maximum absolute atomic E-state index is 5.05. The molecule has 0 aliphatic carbocycles. The summed E-state index contributed by atoms with van der Waals surface area (Å²) >= 11 is 0. The molecular weight excluding hydrogens is 316 g/mol. The Bertz CT molecular complexity index is 1020. The van der Waals surface area contributed by atoms with Gasteiger partial charge in [-0.05, 0) is 25.0 Å². The van der Waals surface area contributed by atoms with Gasteiger partial charge in [0.05, 0.1) is 23.3 Å². The van der Waals surface area contributed by atoms with Crippen molar-refractivity contribution in [1.82, 2.24) is 9.97 Å². The molecule has 0 atom stereocenters. The van der Waals surface area contributed by atoms with Crippen LogP contribution in [0.15, 0.2) is 85.1 Å². The molecular formula is C24H20N2. The summed E-state index contributed by atoms with van der Waals surface area (Å²) in [6.07, 6.45) is 1.89. The van der Waals surface area contributed by atoms with Gasteiger partial charge in [0, 0.05) is 16.7 Å². The molecule has 1 heterocycles. The van der Waals surface area contributed by atoms with E-state index < -0.39 is 0 Å². The van der Waals surface area contributed by atoms with Gasteiger partial charge in [-0.1, -0.05) is 78.9 Å². The summed E-state index contributed by atoms with van der Waals surface area (Å²) in [6, 6.07) is 26.8. The van der Waals surface area contributed by atoms with Crippen LogP contribution in [0.4, 0.5) is 0 Å². The van der Waals surface area contributed by atoms with Crippen molar-refractivity contribution in [3.05, 3.63) is 96.2 Å². The van der Waals surface area contributed by atoms with Gasteiger partial charge in [-0.25, -0.2) is 4.98 Å². The molecule has 126 valence electrons. The van der Waals surface area contributed by atoms with Gasteiger partial charge in [0.2, 0.25) is 0 Å². The molecule has 0 fully saturated rings. The average Bonchev–Trinajstić information content (AvgIpc) is 2.69. The third-order valence-corrected chi connectivity index (χ3v) is 4.60. The Kier molecular flexibility index (Phi) is 4.32. The van der Waals surface area contributed by atoms with Crippen LogP contribution in [0, 0.1) is 13.8 Å². The molecule has 3 aromatic carbocycles. The summed E-state index contributed by atoms with van der Waals surface area (Å²) in [5.74, 6) is 0. The van der Waals surface area contributed by atoms with E-state index in [2.05, 4.69) is 56.3 Å². The van der Waals surface area contributed by atoms with E-state index >= 15 is 0 Å². The van der Waals surface area contributed by atoms with Gasteiger partial charge in [0.1, 0.15) is 0 Å². The highest BCUT2D eigenvalue weighted by atomic mass is 14.8. The molecule has 0 spiro atoms. The fourth-order valence-corrected chi connectivity index (χ4v) is 3.33. The van der Waals surface area contributed by atoms with Crippen LogP contribution in [0.2, 0.25) is 0 Å². The molecule has 0 aliphatic heterocycles. The summed E-state index contributed by atoms with van der Waals surface area (Å²) in [4.78, 5) is 9.87. The molecule has 0 radical (unpaired) electrons. The number of aryl methyl sites for hydroxylation is 2. The number of benzene rings is 3. The molecule has 1 aromatic heterocycles. The Morgan fingerprint density at radius 3 is 1.69 bits per heavy atom. The van der Waals surface area contributed by atoms with Crippen LogP contribution in [0.1, 0.15) is 11.1 Å². The lowest BCUT2D eigenvalue weighted by molar-refractivity contribution is 1.20. The van der Waals surface area contributed by atoms with Crippen molar-refractivity contribution in [2.24, 2.45) is 0 Å². The predicted octanol–water partition coefficient (Wildman–Crippen LogP) is 6.09. The van der Waals surface area contributed by atoms with Crippen LogP contribution < -0.4 is 0 Å². The molecule has 0 unspecified atom stereocenters. The fourth-order valence-electron chi connectivity index (χ4n) is 3.33. The van der Waals surface area contributed by atoms with E-state index in [1.807, 2.05) is 42.6 Å². The minimum absolute atomic E-state index is 0.909. The zero-order valence-electron chi connectivity index (χ0n) is 15.0. The van der Waals surface area contributed by atoms with Crippen LogP contribution in [0.5, 0.6) is 0 Å². The topological polar surface area (TPSA) is 25.8 Å². The first kappa shape index (κ1) is 16.2. The largest absolute Gasteiger partial charge is 0.252 e. The lowest BCUT2D eigenvalue weighted by atomic mass is 9.99. The van der Waals surface area contributed by atoms with Crippen molar-refractivity contribution >= 4 is 0 Å².